The van der Waals surface area contributed by atoms with Crippen molar-refractivity contribution >= 4 is 17.2 Å². The first kappa shape index (κ1) is 11.7. The summed E-state index contributed by atoms with van der Waals surface area (Å²) >= 11 is 0. The molecule has 2 nitrogen and oxygen atoms in total. The molecular weight excluding hydrogens is 217 g/mol. The summed E-state index contributed by atoms with van der Waals surface area (Å²) in [5, 5.41) is 0.837. The van der Waals surface area contributed by atoms with Crippen LogP contribution in [0.3, 0.4) is 0 Å². The third-order valence-electron chi connectivity index (χ3n) is 2.74. The Balaban J connectivity index is 2.89. The lowest BCUT2D eigenvalue weighted by Gasteiger charge is -2.22. The van der Waals surface area contributed by atoms with Crippen molar-refractivity contribution in [3.8, 4) is 0 Å². The van der Waals surface area contributed by atoms with E-state index in [1.54, 1.807) is 6.07 Å². The Hall–Kier alpha value is -1.77. The second-order valence-corrected chi connectivity index (χ2v) is 5.12. The molecule has 0 aliphatic carbocycles. The number of hydrogen-bond acceptors (Lipinski definition) is 2. The van der Waals surface area contributed by atoms with Crippen molar-refractivity contribution in [3.63, 3.8) is 0 Å². The second-order valence-electron chi connectivity index (χ2n) is 5.12. The quantitative estimate of drug-likeness (QED) is 0.703. The number of benzene rings is 1. The Morgan fingerprint density at radius 3 is 2.59 bits per heavy atom. The van der Waals surface area contributed by atoms with Crippen molar-refractivity contribution in [3.05, 3.63) is 41.3 Å². The molecule has 88 valence electrons. The molecule has 17 heavy (non-hydrogen) atoms. The summed E-state index contributed by atoms with van der Waals surface area (Å²) in [4.78, 5) is 15.2. The molecule has 0 bridgehead atoms. The zero-order valence-corrected chi connectivity index (χ0v) is 10.1. The number of carbonyl (C=O) groups excluding carboxylic acids is 1. The molecule has 1 aromatic carbocycles. The minimum atomic E-state index is -0.316. The van der Waals surface area contributed by atoms with Gasteiger partial charge in [0.25, 0.3) is 0 Å². The van der Waals surface area contributed by atoms with Crippen molar-refractivity contribution in [1.29, 1.82) is 0 Å². The number of pyridine rings is 1. The Kier molecular flexibility index (Phi) is 2.69. The largest absolute Gasteiger partial charge is 0.298 e. The Morgan fingerprint density at radius 1 is 1.29 bits per heavy atom. The summed E-state index contributed by atoms with van der Waals surface area (Å²) < 4.78 is 13.1. The number of carbonyl (C=O) groups is 1. The maximum atomic E-state index is 13.1. The lowest BCUT2D eigenvalue weighted by atomic mass is 9.82. The van der Waals surface area contributed by atoms with E-state index in [1.807, 2.05) is 20.8 Å². The summed E-state index contributed by atoms with van der Waals surface area (Å²) in [5.74, 6) is -0.316. The highest BCUT2D eigenvalue weighted by Gasteiger charge is 2.21. The minimum Gasteiger partial charge on any atom is -0.298 e. The molecule has 0 fully saturated rings. The average molecular weight is 231 g/mol. The maximum Gasteiger partial charge on any atom is 0.151 e. The van der Waals surface area contributed by atoms with Gasteiger partial charge in [0.1, 0.15) is 5.82 Å². The molecule has 0 aliphatic rings. The zero-order chi connectivity index (χ0) is 12.6. The standard InChI is InChI=1S/C14H14FNO/c1-14(2,3)13-9(8-17)7-16-12-6-10(15)4-5-11(12)13/h4-8H,1-3H3. The van der Waals surface area contributed by atoms with Gasteiger partial charge in [0.2, 0.25) is 0 Å². The van der Waals surface area contributed by atoms with Crippen LogP contribution in [0.2, 0.25) is 0 Å². The Bertz CT molecular complexity index is 585. The monoisotopic (exact) mass is 231 g/mol. The van der Waals surface area contributed by atoms with Gasteiger partial charge in [-0.1, -0.05) is 20.8 Å². The van der Waals surface area contributed by atoms with Gasteiger partial charge in [-0.3, -0.25) is 9.78 Å². The third-order valence-corrected chi connectivity index (χ3v) is 2.74. The fraction of sp³-hybridized carbons (Fsp3) is 0.286. The summed E-state index contributed by atoms with van der Waals surface area (Å²) in [6.45, 7) is 6.08. The first-order valence-corrected chi connectivity index (χ1v) is 5.47. The maximum absolute atomic E-state index is 13.1. The van der Waals surface area contributed by atoms with Crippen LogP contribution in [-0.2, 0) is 5.41 Å². The topological polar surface area (TPSA) is 30.0 Å². The highest BCUT2D eigenvalue weighted by Crippen LogP contribution is 2.31. The molecule has 0 saturated carbocycles. The van der Waals surface area contributed by atoms with Crippen LogP contribution in [0.4, 0.5) is 4.39 Å². The lowest BCUT2D eigenvalue weighted by molar-refractivity contribution is 0.112. The predicted octanol–water partition coefficient (Wildman–Crippen LogP) is 3.48. The van der Waals surface area contributed by atoms with Gasteiger partial charge in [-0.2, -0.15) is 0 Å². The van der Waals surface area contributed by atoms with E-state index in [4.69, 9.17) is 0 Å². The van der Waals surface area contributed by atoms with Gasteiger partial charge in [0, 0.05) is 23.2 Å². The predicted molar refractivity (Wildman–Crippen MR) is 65.8 cm³/mol. The van der Waals surface area contributed by atoms with Gasteiger partial charge in [0.15, 0.2) is 6.29 Å². The van der Waals surface area contributed by atoms with Gasteiger partial charge in [-0.25, -0.2) is 4.39 Å². The van der Waals surface area contributed by atoms with Crippen molar-refractivity contribution in [2.45, 2.75) is 26.2 Å². The number of hydrogen-bond donors (Lipinski definition) is 0. The van der Waals surface area contributed by atoms with Gasteiger partial charge < -0.3 is 0 Å². The molecule has 0 spiro atoms. The van der Waals surface area contributed by atoms with Crippen LogP contribution in [0.15, 0.2) is 24.4 Å². The van der Waals surface area contributed by atoms with Crippen LogP contribution in [0.5, 0.6) is 0 Å². The molecule has 0 N–H and O–H groups in total. The van der Waals surface area contributed by atoms with E-state index in [-0.39, 0.29) is 11.2 Å². The lowest BCUT2D eigenvalue weighted by Crippen LogP contribution is -2.15. The van der Waals surface area contributed by atoms with Crippen molar-refractivity contribution in [1.82, 2.24) is 4.98 Å². The second kappa shape index (κ2) is 3.91. The first-order valence-electron chi connectivity index (χ1n) is 5.47. The van der Waals surface area contributed by atoms with E-state index >= 15 is 0 Å². The van der Waals surface area contributed by atoms with Crippen molar-refractivity contribution in [2.75, 3.05) is 0 Å². The van der Waals surface area contributed by atoms with Crippen LogP contribution >= 0.6 is 0 Å². The SMILES string of the molecule is CC(C)(C)c1c(C=O)cnc2cc(F)ccc12. The molecule has 0 unspecified atom stereocenters. The summed E-state index contributed by atoms with van der Waals surface area (Å²) in [6, 6.07) is 4.47. The molecule has 0 aliphatic heterocycles. The molecule has 0 radical (unpaired) electrons. The number of nitrogens with zero attached hydrogens (tertiary/aromatic N) is 1. The summed E-state index contributed by atoms with van der Waals surface area (Å²) in [7, 11) is 0. The number of fused-ring (bicyclic) bond motifs is 1. The molecule has 0 atom stereocenters. The van der Waals surface area contributed by atoms with Gasteiger partial charge in [-0.05, 0) is 23.1 Å². The van der Waals surface area contributed by atoms with E-state index < -0.39 is 0 Å². The van der Waals surface area contributed by atoms with Crippen LogP contribution in [-0.4, -0.2) is 11.3 Å². The Labute approximate surface area is 99.5 Å². The third kappa shape index (κ3) is 2.05. The number of aromatic nitrogens is 1. The van der Waals surface area contributed by atoms with E-state index in [1.165, 1.54) is 18.3 Å². The summed E-state index contributed by atoms with van der Waals surface area (Å²) in [6.07, 6.45) is 2.31. The van der Waals surface area contributed by atoms with E-state index in [0.717, 1.165) is 17.2 Å². The normalized spacial score (nSPS) is 11.8. The highest BCUT2D eigenvalue weighted by atomic mass is 19.1. The molecule has 1 aromatic heterocycles. The molecule has 3 heteroatoms. The molecule has 0 saturated heterocycles. The Morgan fingerprint density at radius 2 is 2.00 bits per heavy atom. The van der Waals surface area contributed by atoms with Gasteiger partial charge >= 0.3 is 0 Å². The van der Waals surface area contributed by atoms with Crippen LogP contribution in [0.1, 0.15) is 36.7 Å². The number of rotatable bonds is 1. The highest BCUT2D eigenvalue weighted by molar-refractivity contribution is 5.91. The van der Waals surface area contributed by atoms with E-state index in [2.05, 4.69) is 4.98 Å². The fourth-order valence-electron chi connectivity index (χ4n) is 2.11. The minimum absolute atomic E-state index is 0.185. The molecule has 1 heterocycles. The van der Waals surface area contributed by atoms with Crippen LogP contribution in [0, 0.1) is 5.82 Å². The fourth-order valence-corrected chi connectivity index (χ4v) is 2.11. The van der Waals surface area contributed by atoms with Crippen molar-refractivity contribution in [2.24, 2.45) is 0 Å². The number of halogens is 1. The zero-order valence-electron chi connectivity index (χ0n) is 10.1. The van der Waals surface area contributed by atoms with Gasteiger partial charge in [-0.15, -0.1) is 0 Å². The smallest absolute Gasteiger partial charge is 0.151 e. The van der Waals surface area contributed by atoms with E-state index in [0.29, 0.717) is 11.1 Å². The number of aldehydes is 1. The van der Waals surface area contributed by atoms with Crippen molar-refractivity contribution < 1.29 is 9.18 Å². The molecule has 0 amide bonds. The van der Waals surface area contributed by atoms with Gasteiger partial charge in [0.05, 0.1) is 5.52 Å². The first-order chi connectivity index (χ1) is 7.93. The molecular formula is C14H14FNO. The average Bonchev–Trinajstić information content (AvgIpc) is 2.25. The molecule has 2 aromatic rings. The summed E-state index contributed by atoms with van der Waals surface area (Å²) in [5.41, 5.74) is 1.88. The van der Waals surface area contributed by atoms with Crippen LogP contribution in [0.25, 0.3) is 10.9 Å². The van der Waals surface area contributed by atoms with Crippen LogP contribution < -0.4 is 0 Å². The molecule has 2 rings (SSSR count). The van der Waals surface area contributed by atoms with E-state index in [9.17, 15) is 9.18 Å².